The van der Waals surface area contributed by atoms with Gasteiger partial charge in [-0.15, -0.1) is 0 Å². The van der Waals surface area contributed by atoms with Crippen LogP contribution >= 0.6 is 0 Å². The predicted molar refractivity (Wildman–Crippen MR) is 91.6 cm³/mol. The van der Waals surface area contributed by atoms with Crippen molar-refractivity contribution in [3.8, 4) is 0 Å². The van der Waals surface area contributed by atoms with E-state index in [1.54, 1.807) is 6.07 Å². The van der Waals surface area contributed by atoms with Crippen LogP contribution in [-0.2, 0) is 6.54 Å². The monoisotopic (exact) mass is 315 g/mol. The van der Waals surface area contributed by atoms with Crippen LogP contribution in [-0.4, -0.2) is 29.7 Å². The number of benzene rings is 1. The fourth-order valence-corrected chi connectivity index (χ4v) is 3.60. The van der Waals surface area contributed by atoms with E-state index < -0.39 is 0 Å². The third-order valence-corrected chi connectivity index (χ3v) is 5.05. The molecule has 1 N–H and O–H groups in total. The zero-order chi connectivity index (χ0) is 16.6. The van der Waals surface area contributed by atoms with Crippen molar-refractivity contribution in [1.29, 1.82) is 0 Å². The Morgan fingerprint density at radius 1 is 1.22 bits per heavy atom. The summed E-state index contributed by atoms with van der Waals surface area (Å²) in [6.07, 6.45) is 2.92. The molecule has 4 nitrogen and oxygen atoms in total. The Balaban J connectivity index is 1.87. The molecule has 124 valence electrons. The Bertz CT molecular complexity index is 765. The Morgan fingerprint density at radius 2 is 1.96 bits per heavy atom. The number of aliphatic hydroxyl groups is 1. The Morgan fingerprint density at radius 3 is 2.65 bits per heavy atom. The van der Waals surface area contributed by atoms with Gasteiger partial charge in [-0.05, 0) is 68.5 Å². The molecule has 2 aromatic rings. The van der Waals surface area contributed by atoms with Crippen molar-refractivity contribution in [3.63, 3.8) is 0 Å². The molecule has 0 radical (unpaired) electrons. The number of aliphatic hydroxyl groups excluding tert-OH is 1. The first-order valence-corrected chi connectivity index (χ1v) is 8.34. The topological polar surface area (TPSA) is 53.7 Å². The number of nitrogens with zero attached hydrogens (tertiary/aromatic N) is 1. The van der Waals surface area contributed by atoms with E-state index in [0.717, 1.165) is 42.3 Å². The SMILES string of the molecule is Cc1cc2oc(=O)cc(CN(C)CC3CCCC3O)c2cc1C. The van der Waals surface area contributed by atoms with Gasteiger partial charge in [0.2, 0.25) is 0 Å². The highest BCUT2D eigenvalue weighted by Gasteiger charge is 2.26. The van der Waals surface area contributed by atoms with Crippen LogP contribution in [0.25, 0.3) is 11.0 Å². The largest absolute Gasteiger partial charge is 0.423 e. The van der Waals surface area contributed by atoms with Gasteiger partial charge < -0.3 is 14.4 Å². The highest BCUT2D eigenvalue weighted by atomic mass is 16.4. The van der Waals surface area contributed by atoms with Gasteiger partial charge in [-0.3, -0.25) is 0 Å². The lowest BCUT2D eigenvalue weighted by molar-refractivity contribution is 0.108. The molecular weight excluding hydrogens is 290 g/mol. The third-order valence-electron chi connectivity index (χ3n) is 5.05. The average Bonchev–Trinajstić information content (AvgIpc) is 2.86. The molecule has 0 spiro atoms. The smallest absolute Gasteiger partial charge is 0.336 e. The van der Waals surface area contributed by atoms with Crippen LogP contribution in [0.3, 0.4) is 0 Å². The molecule has 3 rings (SSSR count). The van der Waals surface area contributed by atoms with Crippen LogP contribution in [0, 0.1) is 19.8 Å². The van der Waals surface area contributed by atoms with E-state index in [-0.39, 0.29) is 11.7 Å². The Hall–Kier alpha value is -1.65. The molecule has 23 heavy (non-hydrogen) atoms. The zero-order valence-corrected chi connectivity index (χ0v) is 14.1. The molecule has 1 aromatic heterocycles. The summed E-state index contributed by atoms with van der Waals surface area (Å²) in [6.45, 7) is 5.64. The van der Waals surface area contributed by atoms with Crippen LogP contribution in [0.1, 0.15) is 36.0 Å². The minimum absolute atomic E-state index is 0.181. The highest BCUT2D eigenvalue weighted by molar-refractivity contribution is 5.81. The summed E-state index contributed by atoms with van der Waals surface area (Å²) in [5.41, 5.74) is 3.67. The highest BCUT2D eigenvalue weighted by Crippen LogP contribution is 2.27. The molecule has 2 atom stereocenters. The maximum Gasteiger partial charge on any atom is 0.336 e. The summed E-state index contributed by atoms with van der Waals surface area (Å²) in [6, 6.07) is 5.64. The number of fused-ring (bicyclic) bond motifs is 1. The first kappa shape index (κ1) is 16.2. The standard InChI is InChI=1S/C19H25NO3/c1-12-7-16-15(9-19(22)23-18(16)8-13(12)2)11-20(3)10-14-5-4-6-17(14)21/h7-9,14,17,21H,4-6,10-11H2,1-3H3. The van der Waals surface area contributed by atoms with Gasteiger partial charge in [0.25, 0.3) is 0 Å². The van der Waals surface area contributed by atoms with Gasteiger partial charge in [0, 0.05) is 24.5 Å². The molecule has 1 heterocycles. The van der Waals surface area contributed by atoms with Gasteiger partial charge in [-0.1, -0.05) is 6.42 Å². The number of hydrogen-bond donors (Lipinski definition) is 1. The van der Waals surface area contributed by atoms with Crippen LogP contribution in [0.15, 0.2) is 27.4 Å². The second kappa shape index (κ2) is 6.46. The van der Waals surface area contributed by atoms with E-state index in [2.05, 4.69) is 17.9 Å². The summed E-state index contributed by atoms with van der Waals surface area (Å²) >= 11 is 0. The molecule has 0 bridgehead atoms. The molecule has 2 unspecified atom stereocenters. The Kier molecular flexibility index (Phi) is 4.55. The Labute approximate surface area is 136 Å². The van der Waals surface area contributed by atoms with E-state index in [4.69, 9.17) is 4.42 Å². The zero-order valence-electron chi connectivity index (χ0n) is 14.1. The van der Waals surface area contributed by atoms with Gasteiger partial charge in [-0.2, -0.15) is 0 Å². The van der Waals surface area contributed by atoms with Gasteiger partial charge >= 0.3 is 5.63 Å². The molecule has 0 amide bonds. The van der Waals surface area contributed by atoms with Gasteiger partial charge in [0.05, 0.1) is 6.10 Å². The minimum atomic E-state index is -0.301. The summed E-state index contributed by atoms with van der Waals surface area (Å²) in [5.74, 6) is 0.343. The fraction of sp³-hybridized carbons (Fsp3) is 0.526. The van der Waals surface area contributed by atoms with Gasteiger partial charge in [-0.25, -0.2) is 4.79 Å². The van der Waals surface area contributed by atoms with E-state index >= 15 is 0 Å². The van der Waals surface area contributed by atoms with Crippen molar-refractivity contribution >= 4 is 11.0 Å². The summed E-state index contributed by atoms with van der Waals surface area (Å²) in [5, 5.41) is 11.0. The average molecular weight is 315 g/mol. The fourth-order valence-electron chi connectivity index (χ4n) is 3.60. The van der Waals surface area contributed by atoms with Crippen molar-refractivity contribution in [3.05, 3.63) is 45.3 Å². The molecule has 1 aromatic carbocycles. The first-order valence-electron chi connectivity index (χ1n) is 8.34. The van der Waals surface area contributed by atoms with Crippen LogP contribution < -0.4 is 5.63 Å². The normalized spacial score (nSPS) is 21.4. The number of aryl methyl sites for hydroxylation is 2. The lowest BCUT2D eigenvalue weighted by Gasteiger charge is -2.23. The molecule has 4 heteroatoms. The van der Waals surface area contributed by atoms with Crippen molar-refractivity contribution in [1.82, 2.24) is 4.90 Å². The molecule has 1 aliphatic rings. The summed E-state index contributed by atoms with van der Waals surface area (Å²) in [4.78, 5) is 14.1. The van der Waals surface area contributed by atoms with Crippen LogP contribution in [0.4, 0.5) is 0 Å². The lowest BCUT2D eigenvalue weighted by atomic mass is 10.0. The maximum absolute atomic E-state index is 11.9. The first-order chi connectivity index (χ1) is 10.9. The maximum atomic E-state index is 11.9. The second-order valence-electron chi connectivity index (χ2n) is 6.98. The van der Waals surface area contributed by atoms with E-state index in [0.29, 0.717) is 18.0 Å². The second-order valence-corrected chi connectivity index (χ2v) is 6.98. The molecule has 1 saturated carbocycles. The van der Waals surface area contributed by atoms with Gasteiger partial charge in [0.15, 0.2) is 0 Å². The molecule has 1 fully saturated rings. The van der Waals surface area contributed by atoms with Crippen molar-refractivity contribution in [2.45, 2.75) is 45.8 Å². The van der Waals surface area contributed by atoms with E-state index in [1.165, 1.54) is 5.56 Å². The molecule has 0 aliphatic heterocycles. The van der Waals surface area contributed by atoms with Crippen LogP contribution in [0.2, 0.25) is 0 Å². The molecule has 1 aliphatic carbocycles. The predicted octanol–water partition coefficient (Wildman–Crippen LogP) is 3.00. The number of hydrogen-bond acceptors (Lipinski definition) is 4. The van der Waals surface area contributed by atoms with E-state index in [1.807, 2.05) is 20.0 Å². The van der Waals surface area contributed by atoms with Crippen molar-refractivity contribution in [2.24, 2.45) is 5.92 Å². The summed E-state index contributed by atoms with van der Waals surface area (Å²) in [7, 11) is 2.05. The van der Waals surface area contributed by atoms with Crippen molar-refractivity contribution in [2.75, 3.05) is 13.6 Å². The number of rotatable bonds is 4. The third kappa shape index (κ3) is 3.48. The van der Waals surface area contributed by atoms with Crippen molar-refractivity contribution < 1.29 is 9.52 Å². The minimum Gasteiger partial charge on any atom is -0.423 e. The van der Waals surface area contributed by atoms with E-state index in [9.17, 15) is 9.90 Å². The summed E-state index contributed by atoms with van der Waals surface area (Å²) < 4.78 is 5.36. The van der Waals surface area contributed by atoms with Crippen LogP contribution in [0.5, 0.6) is 0 Å². The molecule has 0 saturated heterocycles. The quantitative estimate of drug-likeness (QED) is 0.881. The molecular formula is C19H25NO3. The van der Waals surface area contributed by atoms with Gasteiger partial charge in [0.1, 0.15) is 5.58 Å². The lowest BCUT2D eigenvalue weighted by Crippen LogP contribution is -2.29.